The topological polar surface area (TPSA) is 38.1 Å². The zero-order valence-electron chi connectivity index (χ0n) is 11.7. The van der Waals surface area contributed by atoms with Gasteiger partial charge in [-0.2, -0.15) is 0 Å². The maximum atomic E-state index is 12.4. The number of hydrogen-bond donors (Lipinski definition) is 0. The normalized spacial score (nSPS) is 13.8. The van der Waals surface area contributed by atoms with Crippen LogP contribution in [0.2, 0.25) is 0 Å². The van der Waals surface area contributed by atoms with Gasteiger partial charge in [-0.25, -0.2) is 4.98 Å². The van der Waals surface area contributed by atoms with E-state index in [0.29, 0.717) is 12.2 Å². The fourth-order valence-electron chi connectivity index (χ4n) is 2.64. The SMILES string of the molecule is CN(Cc1ccccc1)C(=O)c1cn2c(n1)CCCC2. The van der Waals surface area contributed by atoms with Crippen molar-refractivity contribution >= 4 is 5.91 Å². The molecule has 4 heteroatoms. The van der Waals surface area contributed by atoms with E-state index < -0.39 is 0 Å². The Labute approximate surface area is 119 Å². The maximum absolute atomic E-state index is 12.4. The summed E-state index contributed by atoms with van der Waals surface area (Å²) < 4.78 is 2.12. The number of aryl methyl sites for hydroxylation is 2. The van der Waals surface area contributed by atoms with Crippen molar-refractivity contribution in [3.8, 4) is 0 Å². The van der Waals surface area contributed by atoms with Crippen LogP contribution in [-0.2, 0) is 19.5 Å². The van der Waals surface area contributed by atoms with Gasteiger partial charge in [0.05, 0.1) is 0 Å². The lowest BCUT2D eigenvalue weighted by atomic mass is 10.2. The molecule has 0 N–H and O–H groups in total. The van der Waals surface area contributed by atoms with Gasteiger partial charge in [-0.15, -0.1) is 0 Å². The lowest BCUT2D eigenvalue weighted by Crippen LogP contribution is -2.26. The monoisotopic (exact) mass is 269 g/mol. The van der Waals surface area contributed by atoms with E-state index in [1.165, 1.54) is 12.8 Å². The van der Waals surface area contributed by atoms with E-state index in [1.807, 2.05) is 43.6 Å². The number of amides is 1. The van der Waals surface area contributed by atoms with Crippen molar-refractivity contribution < 1.29 is 4.79 Å². The number of imidazole rings is 1. The van der Waals surface area contributed by atoms with Gasteiger partial charge in [0.15, 0.2) is 0 Å². The van der Waals surface area contributed by atoms with Crippen LogP contribution in [0.15, 0.2) is 36.5 Å². The molecule has 4 nitrogen and oxygen atoms in total. The molecule has 1 aliphatic rings. The zero-order valence-corrected chi connectivity index (χ0v) is 11.7. The van der Waals surface area contributed by atoms with Gasteiger partial charge >= 0.3 is 0 Å². The number of carbonyl (C=O) groups is 1. The van der Waals surface area contributed by atoms with Crippen LogP contribution in [0.25, 0.3) is 0 Å². The summed E-state index contributed by atoms with van der Waals surface area (Å²) in [6.45, 7) is 1.60. The maximum Gasteiger partial charge on any atom is 0.274 e. The molecule has 0 bridgehead atoms. The minimum atomic E-state index is -0.00393. The molecule has 0 spiro atoms. The second kappa shape index (κ2) is 5.49. The predicted octanol–water partition coefficient (Wildman–Crippen LogP) is 2.49. The lowest BCUT2D eigenvalue weighted by molar-refractivity contribution is 0.0779. The first-order chi connectivity index (χ1) is 9.74. The minimum absolute atomic E-state index is 0.00393. The van der Waals surface area contributed by atoms with E-state index in [0.717, 1.165) is 24.4 Å². The van der Waals surface area contributed by atoms with Crippen molar-refractivity contribution in [2.45, 2.75) is 32.4 Å². The summed E-state index contributed by atoms with van der Waals surface area (Å²) in [6.07, 6.45) is 5.23. The van der Waals surface area contributed by atoms with E-state index in [1.54, 1.807) is 4.90 Å². The first kappa shape index (κ1) is 12.9. The Morgan fingerprint density at radius 2 is 2.10 bits per heavy atom. The van der Waals surface area contributed by atoms with Crippen LogP contribution >= 0.6 is 0 Å². The molecule has 3 rings (SSSR count). The summed E-state index contributed by atoms with van der Waals surface area (Å²) in [5, 5.41) is 0. The van der Waals surface area contributed by atoms with Crippen molar-refractivity contribution in [2.24, 2.45) is 0 Å². The molecule has 0 saturated carbocycles. The largest absolute Gasteiger partial charge is 0.336 e. The molecule has 0 fully saturated rings. The Kier molecular flexibility index (Phi) is 3.54. The Balaban J connectivity index is 1.73. The van der Waals surface area contributed by atoms with Crippen molar-refractivity contribution in [1.29, 1.82) is 0 Å². The molecular weight excluding hydrogens is 250 g/mol. The fourth-order valence-corrected chi connectivity index (χ4v) is 2.64. The van der Waals surface area contributed by atoms with Crippen molar-refractivity contribution in [3.05, 3.63) is 53.6 Å². The molecular formula is C16H19N3O. The molecule has 0 atom stereocenters. The second-order valence-electron chi connectivity index (χ2n) is 5.34. The first-order valence-electron chi connectivity index (χ1n) is 7.09. The van der Waals surface area contributed by atoms with Crippen molar-refractivity contribution in [3.63, 3.8) is 0 Å². The molecule has 1 aliphatic heterocycles. The third-order valence-corrected chi connectivity index (χ3v) is 3.74. The number of hydrogen-bond acceptors (Lipinski definition) is 2. The smallest absolute Gasteiger partial charge is 0.274 e. The number of fused-ring (bicyclic) bond motifs is 1. The van der Waals surface area contributed by atoms with Crippen molar-refractivity contribution in [2.75, 3.05) is 7.05 Å². The Morgan fingerprint density at radius 3 is 2.85 bits per heavy atom. The standard InChI is InChI=1S/C16H19N3O/c1-18(11-13-7-3-2-4-8-13)16(20)14-12-19-10-6-5-9-15(19)17-14/h2-4,7-8,12H,5-6,9-11H2,1H3. The second-order valence-corrected chi connectivity index (χ2v) is 5.34. The molecule has 2 heterocycles. The number of aromatic nitrogens is 2. The van der Waals surface area contributed by atoms with Gasteiger partial charge < -0.3 is 9.47 Å². The summed E-state index contributed by atoms with van der Waals surface area (Å²) in [5.74, 6) is 1.04. The van der Waals surface area contributed by atoms with Crippen LogP contribution < -0.4 is 0 Å². The average Bonchev–Trinajstić information content (AvgIpc) is 2.91. The van der Waals surface area contributed by atoms with Gasteiger partial charge in [0, 0.05) is 32.8 Å². The highest BCUT2D eigenvalue weighted by atomic mass is 16.2. The van der Waals surface area contributed by atoms with Crippen LogP contribution in [0.3, 0.4) is 0 Å². The molecule has 0 aliphatic carbocycles. The molecule has 0 unspecified atom stereocenters. The summed E-state index contributed by atoms with van der Waals surface area (Å²) >= 11 is 0. The molecule has 2 aromatic rings. The van der Waals surface area contributed by atoms with Crippen LogP contribution in [0.1, 0.15) is 34.7 Å². The zero-order chi connectivity index (χ0) is 13.9. The number of nitrogens with zero attached hydrogens (tertiary/aromatic N) is 3. The van der Waals surface area contributed by atoms with E-state index >= 15 is 0 Å². The summed E-state index contributed by atoms with van der Waals surface area (Å²) in [6, 6.07) is 10.0. The Morgan fingerprint density at radius 1 is 1.30 bits per heavy atom. The number of rotatable bonds is 3. The van der Waals surface area contributed by atoms with Gasteiger partial charge in [-0.3, -0.25) is 4.79 Å². The molecule has 0 radical (unpaired) electrons. The Hall–Kier alpha value is -2.10. The molecule has 1 amide bonds. The highest BCUT2D eigenvalue weighted by Crippen LogP contribution is 2.16. The molecule has 1 aromatic carbocycles. The quantitative estimate of drug-likeness (QED) is 0.858. The van der Waals surface area contributed by atoms with Gasteiger partial charge in [0.1, 0.15) is 11.5 Å². The van der Waals surface area contributed by atoms with E-state index in [9.17, 15) is 4.79 Å². The Bertz CT molecular complexity index is 580. The highest BCUT2D eigenvalue weighted by Gasteiger charge is 2.19. The molecule has 20 heavy (non-hydrogen) atoms. The minimum Gasteiger partial charge on any atom is -0.336 e. The van der Waals surface area contributed by atoms with E-state index in [4.69, 9.17) is 0 Å². The summed E-state index contributed by atoms with van der Waals surface area (Å²) in [5.41, 5.74) is 1.70. The van der Waals surface area contributed by atoms with Gasteiger partial charge in [0.2, 0.25) is 0 Å². The predicted molar refractivity (Wildman–Crippen MR) is 77.4 cm³/mol. The fraction of sp³-hybridized carbons (Fsp3) is 0.375. The molecule has 1 aromatic heterocycles. The van der Waals surface area contributed by atoms with Crippen LogP contribution in [0.5, 0.6) is 0 Å². The first-order valence-corrected chi connectivity index (χ1v) is 7.09. The van der Waals surface area contributed by atoms with Crippen LogP contribution in [0.4, 0.5) is 0 Å². The van der Waals surface area contributed by atoms with E-state index in [2.05, 4.69) is 9.55 Å². The van der Waals surface area contributed by atoms with Gasteiger partial charge in [-0.1, -0.05) is 30.3 Å². The summed E-state index contributed by atoms with van der Waals surface area (Å²) in [7, 11) is 1.83. The van der Waals surface area contributed by atoms with Crippen LogP contribution in [-0.4, -0.2) is 27.4 Å². The average molecular weight is 269 g/mol. The number of benzene rings is 1. The lowest BCUT2D eigenvalue weighted by Gasteiger charge is -2.15. The third kappa shape index (κ3) is 2.59. The number of carbonyl (C=O) groups excluding carboxylic acids is 1. The molecule has 104 valence electrons. The summed E-state index contributed by atoms with van der Waals surface area (Å²) in [4.78, 5) is 18.6. The van der Waals surface area contributed by atoms with E-state index in [-0.39, 0.29) is 5.91 Å². The van der Waals surface area contributed by atoms with Crippen LogP contribution in [0, 0.1) is 0 Å². The third-order valence-electron chi connectivity index (χ3n) is 3.74. The van der Waals surface area contributed by atoms with Crippen molar-refractivity contribution in [1.82, 2.24) is 14.5 Å². The molecule has 0 saturated heterocycles. The van der Waals surface area contributed by atoms with Gasteiger partial charge in [0.25, 0.3) is 5.91 Å². The van der Waals surface area contributed by atoms with Gasteiger partial charge in [-0.05, 0) is 18.4 Å². The highest BCUT2D eigenvalue weighted by molar-refractivity contribution is 5.92.